The zero-order valence-corrected chi connectivity index (χ0v) is 12.2. The molecule has 2 aliphatic rings. The van der Waals surface area contributed by atoms with Crippen molar-refractivity contribution in [2.75, 3.05) is 25.0 Å². The average Bonchev–Trinajstić information content (AvgIpc) is 2.88. The molecule has 3 nitrogen and oxygen atoms in total. The van der Waals surface area contributed by atoms with Crippen LogP contribution >= 0.6 is 15.9 Å². The summed E-state index contributed by atoms with van der Waals surface area (Å²) in [5.74, 6) is 0.381. The predicted octanol–water partition coefficient (Wildman–Crippen LogP) is 2.58. The van der Waals surface area contributed by atoms with E-state index in [2.05, 4.69) is 22.9 Å². The maximum atomic E-state index is 12.7. The van der Waals surface area contributed by atoms with Gasteiger partial charge in [0, 0.05) is 23.8 Å². The third kappa shape index (κ3) is 2.68. The van der Waals surface area contributed by atoms with Crippen molar-refractivity contribution in [2.45, 2.75) is 45.1 Å². The summed E-state index contributed by atoms with van der Waals surface area (Å²) >= 11 is 3.44. The van der Waals surface area contributed by atoms with Crippen molar-refractivity contribution in [3.63, 3.8) is 0 Å². The quantitative estimate of drug-likeness (QED) is 0.750. The maximum absolute atomic E-state index is 12.7. The topological polar surface area (TPSA) is 29.5 Å². The number of amides is 1. The van der Waals surface area contributed by atoms with Crippen LogP contribution in [0.3, 0.4) is 0 Å². The van der Waals surface area contributed by atoms with Gasteiger partial charge < -0.3 is 9.64 Å². The smallest absolute Gasteiger partial charge is 0.228 e. The summed E-state index contributed by atoms with van der Waals surface area (Å²) in [7, 11) is 0. The standard InChI is InChI=1S/C13H22BrNO2/c1-2-13(5-3-4-6-13)12(16)15-7-8-17-11(9-14)10-15/h11H,2-10H2,1H3. The number of hydrogen-bond donors (Lipinski definition) is 0. The van der Waals surface area contributed by atoms with Crippen LogP contribution in [0.1, 0.15) is 39.0 Å². The summed E-state index contributed by atoms with van der Waals surface area (Å²) in [6, 6.07) is 0. The summed E-state index contributed by atoms with van der Waals surface area (Å²) < 4.78 is 5.60. The third-order valence-corrected chi connectivity index (χ3v) is 5.01. The van der Waals surface area contributed by atoms with Crippen molar-refractivity contribution in [3.8, 4) is 0 Å². The van der Waals surface area contributed by atoms with E-state index < -0.39 is 0 Å². The van der Waals surface area contributed by atoms with E-state index in [1.165, 1.54) is 12.8 Å². The molecule has 2 rings (SSSR count). The molecule has 17 heavy (non-hydrogen) atoms. The molecule has 0 spiro atoms. The summed E-state index contributed by atoms with van der Waals surface area (Å²) in [6.07, 6.45) is 5.75. The van der Waals surface area contributed by atoms with Crippen LogP contribution in [0, 0.1) is 5.41 Å². The SMILES string of the molecule is CCC1(C(=O)N2CCOC(CBr)C2)CCCC1. The summed E-state index contributed by atoms with van der Waals surface area (Å²) in [6.45, 7) is 4.36. The highest BCUT2D eigenvalue weighted by Crippen LogP contribution is 2.42. The van der Waals surface area contributed by atoms with Crippen molar-refractivity contribution in [2.24, 2.45) is 5.41 Å². The van der Waals surface area contributed by atoms with Gasteiger partial charge in [-0.05, 0) is 19.3 Å². The molecule has 1 unspecified atom stereocenters. The third-order valence-electron chi connectivity index (χ3n) is 4.29. The molecule has 2 fully saturated rings. The van der Waals surface area contributed by atoms with Crippen molar-refractivity contribution >= 4 is 21.8 Å². The number of alkyl halides is 1. The van der Waals surface area contributed by atoms with Crippen LogP contribution in [0.5, 0.6) is 0 Å². The summed E-state index contributed by atoms with van der Waals surface area (Å²) in [5, 5.41) is 0.815. The predicted molar refractivity (Wildman–Crippen MR) is 71.3 cm³/mol. The van der Waals surface area contributed by atoms with Crippen LogP contribution in [0.25, 0.3) is 0 Å². The molecule has 0 radical (unpaired) electrons. The van der Waals surface area contributed by atoms with E-state index in [1.54, 1.807) is 0 Å². The molecule has 1 atom stereocenters. The molecule has 0 bridgehead atoms. The number of halogens is 1. The molecule has 0 aromatic heterocycles. The Labute approximate surface area is 112 Å². The van der Waals surface area contributed by atoms with Crippen LogP contribution in [-0.2, 0) is 9.53 Å². The highest BCUT2D eigenvalue weighted by atomic mass is 79.9. The number of rotatable bonds is 3. The first kappa shape index (κ1) is 13.3. The fourth-order valence-corrected chi connectivity index (χ4v) is 3.49. The van der Waals surface area contributed by atoms with Gasteiger partial charge in [-0.25, -0.2) is 0 Å². The second-order valence-electron chi connectivity index (χ2n) is 5.24. The van der Waals surface area contributed by atoms with E-state index >= 15 is 0 Å². The highest BCUT2D eigenvalue weighted by molar-refractivity contribution is 9.09. The Morgan fingerprint density at radius 2 is 2.18 bits per heavy atom. The molecule has 0 aromatic carbocycles. The first-order chi connectivity index (χ1) is 8.22. The number of carbonyl (C=O) groups excluding carboxylic acids is 1. The van der Waals surface area contributed by atoms with Crippen molar-refractivity contribution in [3.05, 3.63) is 0 Å². The van der Waals surface area contributed by atoms with E-state index in [0.717, 1.165) is 37.7 Å². The van der Waals surface area contributed by atoms with Crippen LogP contribution in [0.15, 0.2) is 0 Å². The van der Waals surface area contributed by atoms with Gasteiger partial charge >= 0.3 is 0 Å². The molecule has 0 N–H and O–H groups in total. The Hall–Kier alpha value is -0.0900. The van der Waals surface area contributed by atoms with E-state index in [1.807, 2.05) is 4.90 Å². The maximum Gasteiger partial charge on any atom is 0.228 e. The summed E-state index contributed by atoms with van der Waals surface area (Å²) in [4.78, 5) is 14.7. The first-order valence-corrected chi connectivity index (χ1v) is 7.81. The van der Waals surface area contributed by atoms with Crippen molar-refractivity contribution in [1.82, 2.24) is 4.90 Å². The zero-order valence-electron chi connectivity index (χ0n) is 10.6. The van der Waals surface area contributed by atoms with E-state index in [-0.39, 0.29) is 11.5 Å². The Balaban J connectivity index is 2.03. The fraction of sp³-hybridized carbons (Fsp3) is 0.923. The van der Waals surface area contributed by atoms with Gasteiger partial charge in [-0.3, -0.25) is 4.79 Å². The lowest BCUT2D eigenvalue weighted by atomic mass is 9.81. The Morgan fingerprint density at radius 1 is 1.47 bits per heavy atom. The van der Waals surface area contributed by atoms with Crippen molar-refractivity contribution < 1.29 is 9.53 Å². The average molecular weight is 304 g/mol. The van der Waals surface area contributed by atoms with Crippen LogP contribution in [0.4, 0.5) is 0 Å². The minimum Gasteiger partial charge on any atom is -0.374 e. The minimum absolute atomic E-state index is 0.0474. The van der Waals surface area contributed by atoms with Gasteiger partial charge in [0.25, 0.3) is 0 Å². The molecule has 1 saturated heterocycles. The molecular weight excluding hydrogens is 282 g/mol. The Bertz CT molecular complexity index is 277. The number of nitrogens with zero attached hydrogens (tertiary/aromatic N) is 1. The van der Waals surface area contributed by atoms with E-state index in [9.17, 15) is 4.79 Å². The van der Waals surface area contributed by atoms with Gasteiger partial charge in [0.05, 0.1) is 12.7 Å². The number of hydrogen-bond acceptors (Lipinski definition) is 2. The second kappa shape index (κ2) is 5.70. The van der Waals surface area contributed by atoms with Gasteiger partial charge in [-0.2, -0.15) is 0 Å². The fourth-order valence-electron chi connectivity index (χ4n) is 3.10. The van der Waals surface area contributed by atoms with Gasteiger partial charge in [0.15, 0.2) is 0 Å². The molecule has 0 aromatic rings. The largest absolute Gasteiger partial charge is 0.374 e. The minimum atomic E-state index is -0.0474. The Morgan fingerprint density at radius 3 is 2.76 bits per heavy atom. The van der Waals surface area contributed by atoms with E-state index in [4.69, 9.17) is 4.74 Å². The van der Waals surface area contributed by atoms with Crippen LogP contribution < -0.4 is 0 Å². The zero-order chi connectivity index (χ0) is 12.3. The van der Waals surface area contributed by atoms with Gasteiger partial charge in [-0.1, -0.05) is 35.7 Å². The molecule has 1 heterocycles. The molecule has 1 saturated carbocycles. The molecular formula is C13H22BrNO2. The second-order valence-corrected chi connectivity index (χ2v) is 5.89. The number of ether oxygens (including phenoxy) is 1. The number of carbonyl (C=O) groups is 1. The monoisotopic (exact) mass is 303 g/mol. The van der Waals surface area contributed by atoms with Gasteiger partial charge in [0.2, 0.25) is 5.91 Å². The molecule has 1 aliphatic carbocycles. The number of morpholine rings is 1. The van der Waals surface area contributed by atoms with Gasteiger partial charge in [0.1, 0.15) is 0 Å². The van der Waals surface area contributed by atoms with Gasteiger partial charge in [-0.15, -0.1) is 0 Å². The van der Waals surface area contributed by atoms with E-state index in [0.29, 0.717) is 12.5 Å². The molecule has 4 heteroatoms. The molecule has 98 valence electrons. The van der Waals surface area contributed by atoms with Crippen LogP contribution in [0.2, 0.25) is 0 Å². The molecule has 1 amide bonds. The normalized spacial score (nSPS) is 28.4. The van der Waals surface area contributed by atoms with Crippen LogP contribution in [-0.4, -0.2) is 41.9 Å². The summed E-state index contributed by atoms with van der Waals surface area (Å²) in [5.41, 5.74) is -0.0474. The molecule has 1 aliphatic heterocycles. The lowest BCUT2D eigenvalue weighted by Gasteiger charge is -2.38. The Kier molecular flexibility index (Phi) is 4.47. The lowest BCUT2D eigenvalue weighted by Crippen LogP contribution is -2.51. The lowest BCUT2D eigenvalue weighted by molar-refractivity contribution is -0.149. The highest BCUT2D eigenvalue weighted by Gasteiger charge is 2.42. The first-order valence-electron chi connectivity index (χ1n) is 6.69. The van der Waals surface area contributed by atoms with Crippen molar-refractivity contribution in [1.29, 1.82) is 0 Å².